The summed E-state index contributed by atoms with van der Waals surface area (Å²) in [5.41, 5.74) is 5.69. The Labute approximate surface area is 123 Å². The standard InChI is InChI=1S/C12H19N3O3S2/c1-12(7-13)3-4-15(8-12)11(16)10-5-9(6-19-10)20(17,18)14-2/h5-6,14H,3-4,7-8,13H2,1-2H3. The Hall–Kier alpha value is -0.960. The van der Waals surface area contributed by atoms with Crippen LogP contribution in [0, 0.1) is 5.41 Å². The van der Waals surface area contributed by atoms with Gasteiger partial charge < -0.3 is 10.6 Å². The Morgan fingerprint density at radius 2 is 2.30 bits per heavy atom. The molecular weight excluding hydrogens is 298 g/mol. The molecule has 1 aliphatic rings. The van der Waals surface area contributed by atoms with Crippen molar-refractivity contribution in [2.75, 3.05) is 26.7 Å². The van der Waals surface area contributed by atoms with Crippen LogP contribution in [0.15, 0.2) is 16.3 Å². The average Bonchev–Trinajstić information content (AvgIpc) is 3.06. The first-order valence-corrected chi connectivity index (χ1v) is 8.69. The van der Waals surface area contributed by atoms with Gasteiger partial charge in [-0.2, -0.15) is 0 Å². The highest BCUT2D eigenvalue weighted by Crippen LogP contribution is 2.30. The molecule has 1 amide bonds. The SMILES string of the molecule is CNS(=O)(=O)c1csc(C(=O)N2CCC(C)(CN)C2)c1. The van der Waals surface area contributed by atoms with Crippen LogP contribution >= 0.6 is 11.3 Å². The summed E-state index contributed by atoms with van der Waals surface area (Å²) in [7, 11) is -2.14. The smallest absolute Gasteiger partial charge is 0.263 e. The maximum Gasteiger partial charge on any atom is 0.263 e. The van der Waals surface area contributed by atoms with Crippen LogP contribution in [0.3, 0.4) is 0 Å². The normalized spacial score (nSPS) is 23.2. The fraction of sp³-hybridized carbons (Fsp3) is 0.583. The summed E-state index contributed by atoms with van der Waals surface area (Å²) in [5.74, 6) is -0.121. The molecule has 0 spiro atoms. The maximum atomic E-state index is 12.4. The molecule has 1 saturated heterocycles. The molecule has 1 aromatic heterocycles. The van der Waals surface area contributed by atoms with Crippen LogP contribution < -0.4 is 10.5 Å². The number of nitrogens with two attached hydrogens (primary N) is 1. The Kier molecular flexibility index (Phi) is 4.19. The van der Waals surface area contributed by atoms with Gasteiger partial charge in [-0.05, 0) is 31.5 Å². The molecule has 2 rings (SSSR count). The molecule has 0 bridgehead atoms. The highest BCUT2D eigenvalue weighted by Gasteiger charge is 2.35. The molecule has 3 N–H and O–H groups in total. The van der Waals surface area contributed by atoms with Gasteiger partial charge >= 0.3 is 0 Å². The van der Waals surface area contributed by atoms with Crippen molar-refractivity contribution < 1.29 is 13.2 Å². The van der Waals surface area contributed by atoms with Crippen LogP contribution in [0.5, 0.6) is 0 Å². The fourth-order valence-corrected chi connectivity index (χ4v) is 4.18. The lowest BCUT2D eigenvalue weighted by Gasteiger charge is -2.22. The lowest BCUT2D eigenvalue weighted by molar-refractivity contribution is 0.0781. The van der Waals surface area contributed by atoms with E-state index in [0.29, 0.717) is 24.5 Å². The van der Waals surface area contributed by atoms with Gasteiger partial charge in [0.2, 0.25) is 10.0 Å². The Morgan fingerprint density at radius 1 is 1.60 bits per heavy atom. The molecule has 1 aromatic rings. The predicted molar refractivity (Wildman–Crippen MR) is 78.2 cm³/mol. The van der Waals surface area contributed by atoms with Gasteiger partial charge in [0.25, 0.3) is 5.91 Å². The van der Waals surface area contributed by atoms with E-state index in [1.807, 2.05) is 0 Å². The van der Waals surface area contributed by atoms with E-state index in [1.165, 1.54) is 18.5 Å². The quantitative estimate of drug-likeness (QED) is 0.844. The zero-order chi connectivity index (χ0) is 15.0. The van der Waals surface area contributed by atoms with Gasteiger partial charge in [-0.25, -0.2) is 13.1 Å². The molecule has 8 heteroatoms. The molecule has 1 atom stereocenters. The summed E-state index contributed by atoms with van der Waals surface area (Å²) < 4.78 is 25.6. The lowest BCUT2D eigenvalue weighted by Crippen LogP contribution is -2.34. The molecule has 112 valence electrons. The number of nitrogens with zero attached hydrogens (tertiary/aromatic N) is 1. The molecule has 0 aliphatic carbocycles. The van der Waals surface area contributed by atoms with Crippen molar-refractivity contribution in [1.29, 1.82) is 0 Å². The predicted octanol–water partition coefficient (Wildman–Crippen LogP) is 0.467. The number of carbonyl (C=O) groups excluding carboxylic acids is 1. The first-order valence-electron chi connectivity index (χ1n) is 6.33. The summed E-state index contributed by atoms with van der Waals surface area (Å²) in [5, 5.41) is 1.48. The largest absolute Gasteiger partial charge is 0.337 e. The van der Waals surface area contributed by atoms with E-state index in [1.54, 1.807) is 4.90 Å². The summed E-state index contributed by atoms with van der Waals surface area (Å²) >= 11 is 1.15. The zero-order valence-corrected chi connectivity index (χ0v) is 13.2. The Balaban J connectivity index is 2.16. The topological polar surface area (TPSA) is 92.5 Å². The van der Waals surface area contributed by atoms with Crippen molar-refractivity contribution in [3.63, 3.8) is 0 Å². The number of hydrogen-bond acceptors (Lipinski definition) is 5. The van der Waals surface area contributed by atoms with Crippen molar-refractivity contribution in [2.45, 2.75) is 18.2 Å². The van der Waals surface area contributed by atoms with Crippen molar-refractivity contribution in [2.24, 2.45) is 11.1 Å². The van der Waals surface area contributed by atoms with Crippen LogP contribution in [0.2, 0.25) is 0 Å². The number of rotatable bonds is 4. The second-order valence-electron chi connectivity index (χ2n) is 5.35. The summed E-state index contributed by atoms with van der Waals surface area (Å²) in [6, 6.07) is 1.43. The van der Waals surface area contributed by atoms with Crippen LogP contribution in [-0.4, -0.2) is 45.9 Å². The molecule has 0 radical (unpaired) electrons. The first kappa shape index (κ1) is 15.4. The van der Waals surface area contributed by atoms with Crippen molar-refractivity contribution >= 4 is 27.3 Å². The number of nitrogens with one attached hydrogen (secondary N) is 1. The van der Waals surface area contributed by atoms with Crippen molar-refractivity contribution in [3.8, 4) is 0 Å². The van der Waals surface area contributed by atoms with Gasteiger partial charge in [-0.1, -0.05) is 6.92 Å². The van der Waals surface area contributed by atoms with Crippen LogP contribution in [0.4, 0.5) is 0 Å². The highest BCUT2D eigenvalue weighted by atomic mass is 32.2. The number of likely N-dealkylation sites (tertiary alicyclic amines) is 1. The summed E-state index contributed by atoms with van der Waals surface area (Å²) in [6.07, 6.45) is 0.877. The van der Waals surface area contributed by atoms with Gasteiger partial charge in [-0.15, -0.1) is 11.3 Å². The molecule has 0 aromatic carbocycles. The third kappa shape index (κ3) is 2.88. The Bertz CT molecular complexity index is 611. The van der Waals surface area contributed by atoms with E-state index >= 15 is 0 Å². The minimum absolute atomic E-state index is 0.0349. The van der Waals surface area contributed by atoms with E-state index in [2.05, 4.69) is 11.6 Å². The number of thiophene rings is 1. The second-order valence-corrected chi connectivity index (χ2v) is 8.14. The third-order valence-corrected chi connectivity index (χ3v) is 6.16. The van der Waals surface area contributed by atoms with E-state index in [9.17, 15) is 13.2 Å². The van der Waals surface area contributed by atoms with Crippen molar-refractivity contribution in [1.82, 2.24) is 9.62 Å². The van der Waals surface area contributed by atoms with Crippen LogP contribution in [0.25, 0.3) is 0 Å². The minimum atomic E-state index is -3.49. The highest BCUT2D eigenvalue weighted by molar-refractivity contribution is 7.89. The van der Waals surface area contributed by atoms with Gasteiger partial charge in [0.05, 0.1) is 9.77 Å². The van der Waals surface area contributed by atoms with Crippen LogP contribution in [0.1, 0.15) is 23.0 Å². The molecule has 20 heavy (non-hydrogen) atoms. The Morgan fingerprint density at radius 3 is 2.85 bits per heavy atom. The molecule has 6 nitrogen and oxygen atoms in total. The zero-order valence-electron chi connectivity index (χ0n) is 11.5. The second kappa shape index (κ2) is 5.44. The monoisotopic (exact) mass is 317 g/mol. The van der Waals surface area contributed by atoms with Gasteiger partial charge in [0, 0.05) is 18.5 Å². The van der Waals surface area contributed by atoms with Gasteiger partial charge in [0.1, 0.15) is 0 Å². The molecule has 1 fully saturated rings. The molecule has 2 heterocycles. The number of carbonyl (C=O) groups is 1. The molecule has 0 saturated carbocycles. The molecule has 1 aliphatic heterocycles. The minimum Gasteiger partial charge on any atom is -0.337 e. The summed E-state index contributed by atoms with van der Waals surface area (Å²) in [6.45, 7) is 3.89. The molecular formula is C12H19N3O3S2. The third-order valence-electron chi connectivity index (χ3n) is 3.70. The van der Waals surface area contributed by atoms with Gasteiger partial charge in [0.15, 0.2) is 0 Å². The maximum absolute atomic E-state index is 12.4. The van der Waals surface area contributed by atoms with E-state index in [0.717, 1.165) is 17.8 Å². The average molecular weight is 317 g/mol. The van der Waals surface area contributed by atoms with E-state index in [-0.39, 0.29) is 16.2 Å². The van der Waals surface area contributed by atoms with Gasteiger partial charge in [-0.3, -0.25) is 4.79 Å². The molecule has 1 unspecified atom stereocenters. The number of sulfonamides is 1. The van der Waals surface area contributed by atoms with E-state index in [4.69, 9.17) is 5.73 Å². The number of hydrogen-bond donors (Lipinski definition) is 2. The summed E-state index contributed by atoms with van der Waals surface area (Å²) in [4.78, 5) is 14.7. The first-order chi connectivity index (χ1) is 9.31. The van der Waals surface area contributed by atoms with Crippen molar-refractivity contribution in [3.05, 3.63) is 16.3 Å². The lowest BCUT2D eigenvalue weighted by atomic mass is 9.90. The number of amides is 1. The van der Waals surface area contributed by atoms with Crippen LogP contribution in [-0.2, 0) is 10.0 Å². The van der Waals surface area contributed by atoms with E-state index < -0.39 is 10.0 Å². The fourth-order valence-electron chi connectivity index (χ4n) is 2.21.